The van der Waals surface area contributed by atoms with Crippen LogP contribution in [0.2, 0.25) is 0 Å². The van der Waals surface area contributed by atoms with E-state index in [-0.39, 0.29) is 31.7 Å². The van der Waals surface area contributed by atoms with Crippen molar-refractivity contribution in [3.8, 4) is 6.07 Å². The normalized spacial score (nSPS) is 16.7. The first kappa shape index (κ1) is 22.1. The number of nitriles is 1. The first-order valence-corrected chi connectivity index (χ1v) is 9.29. The van der Waals surface area contributed by atoms with Gasteiger partial charge in [0.25, 0.3) is 0 Å². The summed E-state index contributed by atoms with van der Waals surface area (Å²) >= 11 is 0. The van der Waals surface area contributed by atoms with Gasteiger partial charge in [-0.15, -0.1) is 0 Å². The third kappa shape index (κ3) is 4.94. The summed E-state index contributed by atoms with van der Waals surface area (Å²) in [6.07, 6.45) is -4.86. The molecule has 0 aromatic heterocycles. The molecule has 2 N–H and O–H groups in total. The van der Waals surface area contributed by atoms with Gasteiger partial charge < -0.3 is 15.5 Å². The van der Waals surface area contributed by atoms with Crippen LogP contribution >= 0.6 is 0 Å². The molecule has 0 aliphatic carbocycles. The molecule has 3 rings (SSSR count). The summed E-state index contributed by atoms with van der Waals surface area (Å²) < 4.78 is 53.2. The fraction of sp³-hybridized carbons (Fsp3) is 0.286. The van der Waals surface area contributed by atoms with Gasteiger partial charge in [-0.05, 0) is 35.9 Å². The number of halogens is 4. The van der Waals surface area contributed by atoms with E-state index in [4.69, 9.17) is 11.0 Å². The van der Waals surface area contributed by atoms with E-state index >= 15 is 0 Å². The molecule has 2 aromatic carbocycles. The van der Waals surface area contributed by atoms with Gasteiger partial charge in [-0.1, -0.05) is 12.1 Å². The van der Waals surface area contributed by atoms with Gasteiger partial charge in [-0.2, -0.15) is 18.4 Å². The minimum absolute atomic E-state index is 0.0448. The van der Waals surface area contributed by atoms with E-state index < -0.39 is 41.0 Å². The van der Waals surface area contributed by atoms with Gasteiger partial charge in [0, 0.05) is 25.3 Å². The molecule has 6 nitrogen and oxygen atoms in total. The van der Waals surface area contributed by atoms with Crippen molar-refractivity contribution in [3.05, 3.63) is 65.0 Å². The lowest BCUT2D eigenvalue weighted by atomic mass is 10.0. The number of hydrogen-bond acceptors (Lipinski definition) is 4. The molecule has 0 bridgehead atoms. The van der Waals surface area contributed by atoms with Gasteiger partial charge >= 0.3 is 6.18 Å². The van der Waals surface area contributed by atoms with Gasteiger partial charge in [-0.3, -0.25) is 9.59 Å². The van der Waals surface area contributed by atoms with Crippen LogP contribution < -0.4 is 10.6 Å². The number of nitrogens with two attached hydrogens (primary N) is 1. The number of carbonyl (C=O) groups is 2. The predicted octanol–water partition coefficient (Wildman–Crippen LogP) is 2.46. The van der Waals surface area contributed by atoms with Crippen molar-refractivity contribution in [3.63, 3.8) is 0 Å². The topological polar surface area (TPSA) is 90.4 Å². The van der Waals surface area contributed by atoms with Crippen molar-refractivity contribution >= 4 is 17.5 Å². The quantitative estimate of drug-likeness (QED) is 0.749. The van der Waals surface area contributed by atoms with Crippen molar-refractivity contribution in [2.75, 3.05) is 24.5 Å². The Morgan fingerprint density at radius 2 is 1.90 bits per heavy atom. The number of carbonyl (C=O) groups excluding carboxylic acids is 2. The monoisotopic (exact) mass is 434 g/mol. The number of rotatable bonds is 4. The fourth-order valence-electron chi connectivity index (χ4n) is 3.54. The maximum Gasteiger partial charge on any atom is 0.417 e. The summed E-state index contributed by atoms with van der Waals surface area (Å²) in [7, 11) is 0. The lowest BCUT2D eigenvalue weighted by Gasteiger charge is -2.41. The van der Waals surface area contributed by atoms with Gasteiger partial charge in [0.05, 0.1) is 23.6 Å². The second kappa shape index (κ2) is 8.63. The highest BCUT2D eigenvalue weighted by Gasteiger charge is 2.37. The second-order valence-electron chi connectivity index (χ2n) is 7.10. The molecule has 0 radical (unpaired) electrons. The van der Waals surface area contributed by atoms with Crippen LogP contribution in [0.5, 0.6) is 0 Å². The second-order valence-corrected chi connectivity index (χ2v) is 7.10. The third-order valence-electron chi connectivity index (χ3n) is 5.07. The van der Waals surface area contributed by atoms with Gasteiger partial charge in [0.1, 0.15) is 11.9 Å². The van der Waals surface area contributed by atoms with Crippen molar-refractivity contribution < 1.29 is 27.2 Å². The zero-order chi connectivity index (χ0) is 22.8. The zero-order valence-corrected chi connectivity index (χ0v) is 16.2. The summed E-state index contributed by atoms with van der Waals surface area (Å²) in [6.45, 7) is 0.0956. The van der Waals surface area contributed by atoms with Crippen LogP contribution in [0.3, 0.4) is 0 Å². The van der Waals surface area contributed by atoms with E-state index in [0.717, 1.165) is 12.1 Å². The lowest BCUT2D eigenvalue weighted by Crippen LogP contribution is -2.60. The molecule has 1 aliphatic rings. The van der Waals surface area contributed by atoms with Crippen molar-refractivity contribution in [2.24, 2.45) is 5.73 Å². The van der Waals surface area contributed by atoms with Crippen LogP contribution in [-0.2, 0) is 22.2 Å². The molecule has 1 saturated heterocycles. The summed E-state index contributed by atoms with van der Waals surface area (Å²) in [5.41, 5.74) is 4.46. The molecule has 1 atom stereocenters. The Hall–Kier alpha value is -3.61. The summed E-state index contributed by atoms with van der Waals surface area (Å²) in [5, 5.41) is 8.94. The molecule has 1 fully saturated rings. The predicted molar refractivity (Wildman–Crippen MR) is 103 cm³/mol. The number of benzene rings is 2. The van der Waals surface area contributed by atoms with Crippen LogP contribution in [0.25, 0.3) is 0 Å². The molecule has 162 valence electrons. The van der Waals surface area contributed by atoms with Crippen LogP contribution in [0.4, 0.5) is 23.2 Å². The Morgan fingerprint density at radius 3 is 2.52 bits per heavy atom. The summed E-state index contributed by atoms with van der Waals surface area (Å²) in [6, 6.07) is 9.21. The number of hydrogen-bond donors (Lipinski definition) is 1. The molecule has 0 spiro atoms. The average molecular weight is 434 g/mol. The summed E-state index contributed by atoms with van der Waals surface area (Å²) in [5.74, 6) is -1.74. The van der Waals surface area contributed by atoms with Crippen LogP contribution in [0, 0.1) is 17.1 Å². The Balaban J connectivity index is 1.81. The van der Waals surface area contributed by atoms with Crippen LogP contribution in [0.1, 0.15) is 16.7 Å². The Bertz CT molecular complexity index is 1050. The molecule has 31 heavy (non-hydrogen) atoms. The Labute approximate surface area is 175 Å². The maximum atomic E-state index is 13.4. The smallest absolute Gasteiger partial charge is 0.368 e. The SMILES string of the molecule is N#Cc1ccc(N2CCN(C(=O)Cc3cccc(F)c3)C(C(N)=O)C2)cc1C(F)(F)F. The molecule has 1 unspecified atom stereocenters. The van der Waals surface area contributed by atoms with Crippen LogP contribution in [-0.4, -0.2) is 42.4 Å². The number of alkyl halides is 3. The lowest BCUT2D eigenvalue weighted by molar-refractivity contribution is -0.139. The molecule has 2 amide bonds. The largest absolute Gasteiger partial charge is 0.417 e. The van der Waals surface area contributed by atoms with E-state index in [1.807, 2.05) is 0 Å². The standard InChI is InChI=1S/C21H18F4N4O2/c22-15-3-1-2-13(8-15)9-19(30)29-7-6-28(12-18(29)20(27)31)16-5-4-14(11-26)17(10-16)21(23,24)25/h1-5,8,10,18H,6-7,9,12H2,(H2,27,31). The minimum atomic E-state index is -4.72. The van der Waals surface area contributed by atoms with E-state index in [2.05, 4.69) is 0 Å². The molecular formula is C21H18F4N4O2. The number of anilines is 1. The number of piperazine rings is 1. The Morgan fingerprint density at radius 1 is 1.16 bits per heavy atom. The van der Waals surface area contributed by atoms with Crippen molar-refractivity contribution in [2.45, 2.75) is 18.6 Å². The van der Waals surface area contributed by atoms with Crippen LogP contribution in [0.15, 0.2) is 42.5 Å². The molecule has 0 saturated carbocycles. The fourth-order valence-corrected chi connectivity index (χ4v) is 3.54. The number of amides is 2. The summed E-state index contributed by atoms with van der Waals surface area (Å²) in [4.78, 5) is 27.5. The molecule has 10 heteroatoms. The van der Waals surface area contributed by atoms with Crippen molar-refractivity contribution in [1.82, 2.24) is 4.90 Å². The third-order valence-corrected chi connectivity index (χ3v) is 5.07. The van der Waals surface area contributed by atoms with Crippen molar-refractivity contribution in [1.29, 1.82) is 5.26 Å². The number of primary amides is 1. The Kier molecular flexibility index (Phi) is 6.15. The van der Waals surface area contributed by atoms with Gasteiger partial charge in [0.15, 0.2) is 0 Å². The van der Waals surface area contributed by atoms with E-state index in [0.29, 0.717) is 5.56 Å². The molecular weight excluding hydrogens is 416 g/mol. The first-order chi connectivity index (χ1) is 14.6. The number of nitrogens with zero attached hydrogens (tertiary/aromatic N) is 3. The van der Waals surface area contributed by atoms with Gasteiger partial charge in [0.2, 0.25) is 11.8 Å². The van der Waals surface area contributed by atoms with Gasteiger partial charge in [-0.25, -0.2) is 4.39 Å². The maximum absolute atomic E-state index is 13.4. The zero-order valence-electron chi connectivity index (χ0n) is 16.2. The molecule has 2 aromatic rings. The minimum Gasteiger partial charge on any atom is -0.368 e. The first-order valence-electron chi connectivity index (χ1n) is 9.29. The average Bonchev–Trinajstić information content (AvgIpc) is 2.72. The van der Waals surface area contributed by atoms with E-state index in [9.17, 15) is 27.2 Å². The van der Waals surface area contributed by atoms with E-state index in [1.54, 1.807) is 6.07 Å². The molecule has 1 heterocycles. The van der Waals surface area contributed by atoms with E-state index in [1.165, 1.54) is 40.1 Å². The highest BCUT2D eigenvalue weighted by Crippen LogP contribution is 2.35. The molecule has 1 aliphatic heterocycles. The highest BCUT2D eigenvalue weighted by atomic mass is 19.4. The highest BCUT2D eigenvalue weighted by molar-refractivity contribution is 5.88.